The zero-order valence-corrected chi connectivity index (χ0v) is 10.8. The van der Waals surface area contributed by atoms with Gasteiger partial charge in [-0.25, -0.2) is 0 Å². The number of phenolic OH excluding ortho intramolecular Hbond substituents is 1. The Kier molecular flexibility index (Phi) is 5.55. The summed E-state index contributed by atoms with van der Waals surface area (Å²) in [7, 11) is 0. The molecule has 2 rings (SSSR count). The third-order valence-electron chi connectivity index (χ3n) is 3.09. The minimum Gasteiger partial charge on any atom is -0.508 e. The van der Waals surface area contributed by atoms with Crippen LogP contribution in [-0.2, 0) is 0 Å². The lowest BCUT2D eigenvalue weighted by Gasteiger charge is -2.19. The van der Waals surface area contributed by atoms with Gasteiger partial charge in [0.1, 0.15) is 5.75 Å². The van der Waals surface area contributed by atoms with Gasteiger partial charge in [0.15, 0.2) is 0 Å². The maximum Gasteiger partial charge on any atom is 0.115 e. The second kappa shape index (κ2) is 6.95. The Labute approximate surface area is 104 Å². The van der Waals surface area contributed by atoms with Crippen LogP contribution in [-0.4, -0.2) is 5.11 Å². The van der Waals surface area contributed by atoms with Gasteiger partial charge in [-0.15, -0.1) is 0 Å². The van der Waals surface area contributed by atoms with Crippen molar-refractivity contribution in [3.63, 3.8) is 0 Å². The zero-order chi connectivity index (χ0) is 12.7. The molecule has 0 bridgehead atoms. The molecule has 0 unspecified atom stereocenters. The summed E-state index contributed by atoms with van der Waals surface area (Å²) in [6.07, 6.45) is 6.17. The Balaban J connectivity index is 0.000000181. The molecule has 0 aromatic heterocycles. The molecule has 0 radical (unpaired) electrons. The predicted molar refractivity (Wildman–Crippen MR) is 74.0 cm³/mol. The minimum atomic E-state index is 0.322. The van der Waals surface area contributed by atoms with Gasteiger partial charge in [0.25, 0.3) is 0 Å². The lowest BCUT2D eigenvalue weighted by atomic mass is 9.86. The molecule has 0 saturated carbocycles. The smallest absolute Gasteiger partial charge is 0.115 e. The average molecular weight is 230 g/mol. The van der Waals surface area contributed by atoms with E-state index in [1.807, 2.05) is 6.07 Å². The molecule has 1 heteroatoms. The van der Waals surface area contributed by atoms with Crippen molar-refractivity contribution in [1.82, 2.24) is 0 Å². The molecular formula is C16H22O. The van der Waals surface area contributed by atoms with Gasteiger partial charge in [0, 0.05) is 0 Å². The highest BCUT2D eigenvalue weighted by atomic mass is 16.3. The van der Waals surface area contributed by atoms with Crippen molar-refractivity contribution in [2.24, 2.45) is 5.92 Å². The Morgan fingerprint density at radius 2 is 1.94 bits per heavy atom. The van der Waals surface area contributed by atoms with E-state index < -0.39 is 0 Å². The Morgan fingerprint density at radius 1 is 1.29 bits per heavy atom. The van der Waals surface area contributed by atoms with E-state index in [1.165, 1.54) is 24.8 Å². The van der Waals surface area contributed by atoms with Crippen LogP contribution in [0.5, 0.6) is 5.75 Å². The summed E-state index contributed by atoms with van der Waals surface area (Å²) in [5.74, 6) is 1.09. The average Bonchev–Trinajstić information content (AvgIpc) is 2.31. The van der Waals surface area contributed by atoms with E-state index >= 15 is 0 Å². The first-order valence-corrected chi connectivity index (χ1v) is 6.14. The monoisotopic (exact) mass is 230 g/mol. The largest absolute Gasteiger partial charge is 0.508 e. The number of hydrogen-bond donors (Lipinski definition) is 1. The molecule has 17 heavy (non-hydrogen) atoms. The van der Waals surface area contributed by atoms with E-state index in [0.29, 0.717) is 5.75 Å². The number of rotatable bonds is 1. The minimum absolute atomic E-state index is 0.322. The third-order valence-corrected chi connectivity index (χ3v) is 3.09. The first-order valence-electron chi connectivity index (χ1n) is 6.14. The number of hydrogen-bond acceptors (Lipinski definition) is 1. The Morgan fingerprint density at radius 3 is 2.29 bits per heavy atom. The first kappa shape index (κ1) is 13.6. The number of allylic oxidation sites excluding steroid dienone is 3. The SMILES string of the molecule is C=C(C)[C@H]1CC=C(C)CC1.Oc1ccccc1. The van der Waals surface area contributed by atoms with Crippen LogP contribution >= 0.6 is 0 Å². The molecule has 1 atom stereocenters. The summed E-state index contributed by atoms with van der Waals surface area (Å²) < 4.78 is 0. The molecule has 0 amide bonds. The second-order valence-electron chi connectivity index (χ2n) is 4.70. The lowest BCUT2D eigenvalue weighted by molar-refractivity contribution is 0.475. The molecular weight excluding hydrogens is 208 g/mol. The summed E-state index contributed by atoms with van der Waals surface area (Å²) in [4.78, 5) is 0. The van der Waals surface area contributed by atoms with Gasteiger partial charge in [-0.2, -0.15) is 0 Å². The molecule has 0 saturated heterocycles. The van der Waals surface area contributed by atoms with Crippen LogP contribution < -0.4 is 0 Å². The summed E-state index contributed by atoms with van der Waals surface area (Å²) in [5.41, 5.74) is 2.90. The van der Waals surface area contributed by atoms with Crippen LogP contribution in [0.3, 0.4) is 0 Å². The van der Waals surface area contributed by atoms with Crippen LogP contribution in [0.25, 0.3) is 0 Å². The van der Waals surface area contributed by atoms with Gasteiger partial charge in [-0.3, -0.25) is 0 Å². The lowest BCUT2D eigenvalue weighted by Crippen LogP contribution is -2.04. The third kappa shape index (κ3) is 5.39. The van der Waals surface area contributed by atoms with Crippen molar-refractivity contribution in [1.29, 1.82) is 0 Å². The molecule has 92 valence electrons. The van der Waals surface area contributed by atoms with Crippen LogP contribution in [0.15, 0.2) is 54.1 Å². The van der Waals surface area contributed by atoms with Crippen LogP contribution in [0, 0.1) is 5.92 Å². The van der Waals surface area contributed by atoms with Crippen molar-refractivity contribution in [2.75, 3.05) is 0 Å². The standard InChI is InChI=1S/C10H16.C6H6O/c1-8(2)10-6-4-9(3)5-7-10;7-6-4-2-1-3-5-6/h4,10H,1,5-7H2,2-3H3;1-5,7H/t10-;/m0./s1. The van der Waals surface area contributed by atoms with Crippen LogP contribution in [0.4, 0.5) is 0 Å². The van der Waals surface area contributed by atoms with Gasteiger partial charge < -0.3 is 5.11 Å². The van der Waals surface area contributed by atoms with Crippen LogP contribution in [0.1, 0.15) is 33.1 Å². The van der Waals surface area contributed by atoms with Crippen LogP contribution in [0.2, 0.25) is 0 Å². The first-order chi connectivity index (χ1) is 8.09. The van der Waals surface area contributed by atoms with Gasteiger partial charge in [0.2, 0.25) is 0 Å². The number of para-hydroxylation sites is 1. The molecule has 1 nitrogen and oxygen atoms in total. The molecule has 1 aliphatic carbocycles. The van der Waals surface area contributed by atoms with Crippen molar-refractivity contribution >= 4 is 0 Å². The number of benzene rings is 1. The number of phenols is 1. The molecule has 0 heterocycles. The van der Waals surface area contributed by atoms with E-state index in [0.717, 1.165) is 5.92 Å². The zero-order valence-electron chi connectivity index (χ0n) is 10.8. The maximum atomic E-state index is 8.63. The molecule has 1 N–H and O–H groups in total. The molecule has 1 aromatic carbocycles. The second-order valence-corrected chi connectivity index (χ2v) is 4.70. The fourth-order valence-corrected chi connectivity index (χ4v) is 1.84. The van der Waals surface area contributed by atoms with E-state index in [9.17, 15) is 0 Å². The molecule has 0 spiro atoms. The highest BCUT2D eigenvalue weighted by molar-refractivity contribution is 5.18. The van der Waals surface area contributed by atoms with Crippen molar-refractivity contribution in [3.05, 3.63) is 54.1 Å². The Hall–Kier alpha value is -1.50. The fourth-order valence-electron chi connectivity index (χ4n) is 1.84. The van der Waals surface area contributed by atoms with Crippen molar-refractivity contribution in [2.45, 2.75) is 33.1 Å². The van der Waals surface area contributed by atoms with Gasteiger partial charge in [-0.1, -0.05) is 42.0 Å². The summed E-state index contributed by atoms with van der Waals surface area (Å²) in [6.45, 7) is 8.33. The van der Waals surface area contributed by atoms with Gasteiger partial charge in [-0.05, 0) is 51.2 Å². The topological polar surface area (TPSA) is 20.2 Å². The number of aromatic hydroxyl groups is 1. The molecule has 0 aliphatic heterocycles. The quantitative estimate of drug-likeness (QED) is 0.693. The van der Waals surface area contributed by atoms with E-state index in [2.05, 4.69) is 26.5 Å². The van der Waals surface area contributed by atoms with E-state index in [-0.39, 0.29) is 0 Å². The summed E-state index contributed by atoms with van der Waals surface area (Å²) in [6, 6.07) is 8.71. The molecule has 0 fully saturated rings. The highest BCUT2D eigenvalue weighted by Crippen LogP contribution is 2.27. The van der Waals surface area contributed by atoms with Gasteiger partial charge in [0.05, 0.1) is 0 Å². The fraction of sp³-hybridized carbons (Fsp3) is 0.375. The van der Waals surface area contributed by atoms with Gasteiger partial charge >= 0.3 is 0 Å². The summed E-state index contributed by atoms with van der Waals surface area (Å²) in [5, 5.41) is 8.63. The Bertz CT molecular complexity index is 376. The van der Waals surface area contributed by atoms with E-state index in [4.69, 9.17) is 5.11 Å². The van der Waals surface area contributed by atoms with Crippen molar-refractivity contribution in [3.8, 4) is 5.75 Å². The predicted octanol–water partition coefficient (Wildman–Crippen LogP) is 4.70. The van der Waals surface area contributed by atoms with Crippen molar-refractivity contribution < 1.29 is 5.11 Å². The highest BCUT2D eigenvalue weighted by Gasteiger charge is 2.11. The van der Waals surface area contributed by atoms with E-state index in [1.54, 1.807) is 29.8 Å². The maximum absolute atomic E-state index is 8.63. The summed E-state index contributed by atoms with van der Waals surface area (Å²) >= 11 is 0. The normalized spacial score (nSPS) is 18.7. The molecule has 1 aromatic rings. The molecule has 1 aliphatic rings.